The Kier molecular flexibility index (Phi) is 5.18. The number of phenols is 1. The number of rotatable bonds is 5. The summed E-state index contributed by atoms with van der Waals surface area (Å²) >= 11 is 0. The van der Waals surface area contributed by atoms with Gasteiger partial charge in [0.1, 0.15) is 18.1 Å². The molecule has 2 heterocycles. The van der Waals surface area contributed by atoms with Gasteiger partial charge in [-0.3, -0.25) is 19.1 Å². The van der Waals surface area contributed by atoms with E-state index < -0.39 is 5.91 Å². The van der Waals surface area contributed by atoms with Gasteiger partial charge in [-0.05, 0) is 24.3 Å². The molecule has 0 aliphatic carbocycles. The standard InChI is InChI=1S/C21H23N5O3/c22-19(28)13-26-20(23-16-6-2-1-5-15(16)21(26)29)14-24-9-11-25(12-10-24)17-7-3-4-8-18(17)27/h1-8,27H,9-14H2,(H2,22,28). The normalized spacial score (nSPS) is 15.0. The Bertz CT molecular complexity index is 1100. The summed E-state index contributed by atoms with van der Waals surface area (Å²) in [6.07, 6.45) is 0. The second-order valence-corrected chi connectivity index (χ2v) is 7.15. The number of anilines is 1. The molecular formula is C21H23N5O3. The molecule has 0 unspecified atom stereocenters. The lowest BCUT2D eigenvalue weighted by Crippen LogP contribution is -2.47. The molecule has 3 N–H and O–H groups in total. The molecule has 8 nitrogen and oxygen atoms in total. The second-order valence-electron chi connectivity index (χ2n) is 7.15. The monoisotopic (exact) mass is 393 g/mol. The van der Waals surface area contributed by atoms with Crippen molar-refractivity contribution in [3.63, 3.8) is 0 Å². The Balaban J connectivity index is 1.56. The molecule has 2 aromatic carbocycles. The summed E-state index contributed by atoms with van der Waals surface area (Å²) < 4.78 is 1.38. The molecular weight excluding hydrogens is 370 g/mol. The van der Waals surface area contributed by atoms with Gasteiger partial charge in [0.2, 0.25) is 5.91 Å². The van der Waals surface area contributed by atoms with Crippen molar-refractivity contribution in [3.8, 4) is 5.75 Å². The molecule has 150 valence electrons. The highest BCUT2D eigenvalue weighted by atomic mass is 16.3. The average molecular weight is 393 g/mol. The van der Waals surface area contributed by atoms with E-state index in [4.69, 9.17) is 5.73 Å². The molecule has 4 rings (SSSR count). The summed E-state index contributed by atoms with van der Waals surface area (Å²) in [5.41, 5.74) is 6.55. The van der Waals surface area contributed by atoms with E-state index in [1.807, 2.05) is 18.2 Å². The summed E-state index contributed by atoms with van der Waals surface area (Å²) in [6, 6.07) is 14.4. The first-order valence-electron chi connectivity index (χ1n) is 9.55. The smallest absolute Gasteiger partial charge is 0.261 e. The maximum Gasteiger partial charge on any atom is 0.261 e. The molecule has 1 aliphatic rings. The van der Waals surface area contributed by atoms with Crippen molar-refractivity contribution in [3.05, 3.63) is 64.7 Å². The number of aromatic nitrogens is 2. The van der Waals surface area contributed by atoms with Gasteiger partial charge in [-0.2, -0.15) is 0 Å². The summed E-state index contributed by atoms with van der Waals surface area (Å²) in [4.78, 5) is 33.3. The van der Waals surface area contributed by atoms with Crippen LogP contribution in [-0.2, 0) is 17.9 Å². The van der Waals surface area contributed by atoms with Crippen LogP contribution in [0.2, 0.25) is 0 Å². The van der Waals surface area contributed by atoms with Gasteiger partial charge in [0.25, 0.3) is 5.56 Å². The quantitative estimate of drug-likeness (QED) is 0.668. The van der Waals surface area contributed by atoms with E-state index in [1.165, 1.54) is 4.57 Å². The summed E-state index contributed by atoms with van der Waals surface area (Å²) in [7, 11) is 0. The number of benzene rings is 2. The predicted octanol–water partition coefficient (Wildman–Crippen LogP) is 0.910. The zero-order valence-corrected chi connectivity index (χ0v) is 16.0. The van der Waals surface area contributed by atoms with Gasteiger partial charge in [-0.25, -0.2) is 4.98 Å². The molecule has 1 fully saturated rings. The van der Waals surface area contributed by atoms with Crippen molar-refractivity contribution in [2.45, 2.75) is 13.1 Å². The van der Waals surface area contributed by atoms with Crippen molar-refractivity contribution < 1.29 is 9.90 Å². The lowest BCUT2D eigenvalue weighted by molar-refractivity contribution is -0.118. The fraction of sp³-hybridized carbons (Fsp3) is 0.286. The zero-order valence-electron chi connectivity index (χ0n) is 16.0. The maximum atomic E-state index is 12.9. The number of phenolic OH excluding ortho intramolecular Hbond substituents is 1. The molecule has 0 atom stereocenters. The Morgan fingerprint density at radius 1 is 1.03 bits per heavy atom. The molecule has 8 heteroatoms. The van der Waals surface area contributed by atoms with Crippen LogP contribution in [0.15, 0.2) is 53.3 Å². The topological polar surface area (TPSA) is 105 Å². The van der Waals surface area contributed by atoms with Gasteiger partial charge in [0.05, 0.1) is 23.1 Å². The van der Waals surface area contributed by atoms with E-state index >= 15 is 0 Å². The molecule has 3 aromatic rings. The third-order valence-electron chi connectivity index (χ3n) is 5.21. The number of amides is 1. The van der Waals surface area contributed by atoms with Crippen LogP contribution in [0, 0.1) is 0 Å². The Labute approximate surface area is 167 Å². The number of piperazine rings is 1. The summed E-state index contributed by atoms with van der Waals surface area (Å²) in [5.74, 6) is 0.228. The van der Waals surface area contributed by atoms with Crippen molar-refractivity contribution in [2.24, 2.45) is 5.73 Å². The third kappa shape index (κ3) is 3.93. The van der Waals surface area contributed by atoms with Crippen LogP contribution >= 0.6 is 0 Å². The van der Waals surface area contributed by atoms with Crippen molar-refractivity contribution >= 4 is 22.5 Å². The number of aromatic hydroxyl groups is 1. The Morgan fingerprint density at radius 3 is 2.45 bits per heavy atom. The van der Waals surface area contributed by atoms with Gasteiger partial charge in [0, 0.05) is 26.2 Å². The fourth-order valence-corrected chi connectivity index (χ4v) is 3.73. The van der Waals surface area contributed by atoms with Gasteiger partial charge < -0.3 is 15.7 Å². The number of hydrogen-bond donors (Lipinski definition) is 2. The maximum absolute atomic E-state index is 12.9. The van der Waals surface area contributed by atoms with Crippen molar-refractivity contribution in [2.75, 3.05) is 31.1 Å². The second kappa shape index (κ2) is 7.92. The van der Waals surface area contributed by atoms with E-state index in [-0.39, 0.29) is 17.9 Å². The van der Waals surface area contributed by atoms with Crippen molar-refractivity contribution in [1.82, 2.24) is 14.5 Å². The van der Waals surface area contributed by atoms with Crippen LogP contribution in [0.3, 0.4) is 0 Å². The highest BCUT2D eigenvalue weighted by Crippen LogP contribution is 2.27. The molecule has 0 bridgehead atoms. The van der Waals surface area contributed by atoms with Gasteiger partial charge in [-0.15, -0.1) is 0 Å². The molecule has 0 saturated carbocycles. The average Bonchev–Trinajstić information content (AvgIpc) is 2.72. The van der Waals surface area contributed by atoms with E-state index in [0.29, 0.717) is 23.3 Å². The minimum atomic E-state index is -0.574. The summed E-state index contributed by atoms with van der Waals surface area (Å²) in [6.45, 7) is 3.23. The number of fused-ring (bicyclic) bond motifs is 1. The van der Waals surface area contributed by atoms with Gasteiger partial charge in [0.15, 0.2) is 0 Å². The molecule has 0 radical (unpaired) electrons. The lowest BCUT2D eigenvalue weighted by atomic mass is 10.2. The number of nitrogens with two attached hydrogens (primary N) is 1. The van der Waals surface area contributed by atoms with E-state index in [0.717, 1.165) is 31.9 Å². The first-order valence-corrected chi connectivity index (χ1v) is 9.55. The molecule has 1 amide bonds. The fourth-order valence-electron chi connectivity index (χ4n) is 3.73. The molecule has 1 aromatic heterocycles. The van der Waals surface area contributed by atoms with Crippen LogP contribution in [0.4, 0.5) is 5.69 Å². The van der Waals surface area contributed by atoms with Crippen LogP contribution in [0.25, 0.3) is 10.9 Å². The van der Waals surface area contributed by atoms with Gasteiger partial charge in [-0.1, -0.05) is 24.3 Å². The van der Waals surface area contributed by atoms with Crippen LogP contribution in [0.5, 0.6) is 5.75 Å². The first-order chi connectivity index (χ1) is 14.0. The van der Waals surface area contributed by atoms with E-state index in [1.54, 1.807) is 30.3 Å². The number of para-hydroxylation sites is 3. The highest BCUT2D eigenvalue weighted by Gasteiger charge is 2.21. The molecule has 1 saturated heterocycles. The SMILES string of the molecule is NC(=O)Cn1c(CN2CCN(c3ccccc3O)CC2)nc2ccccc2c1=O. The van der Waals surface area contributed by atoms with E-state index in [9.17, 15) is 14.7 Å². The van der Waals surface area contributed by atoms with Crippen LogP contribution in [0.1, 0.15) is 5.82 Å². The van der Waals surface area contributed by atoms with Crippen LogP contribution in [-0.4, -0.2) is 51.6 Å². The van der Waals surface area contributed by atoms with Crippen LogP contribution < -0.4 is 16.2 Å². The van der Waals surface area contributed by atoms with Crippen molar-refractivity contribution in [1.29, 1.82) is 0 Å². The largest absolute Gasteiger partial charge is 0.506 e. The molecule has 1 aliphatic heterocycles. The molecule has 29 heavy (non-hydrogen) atoms. The minimum absolute atomic E-state index is 0.191. The third-order valence-corrected chi connectivity index (χ3v) is 5.21. The zero-order chi connectivity index (χ0) is 20.4. The van der Waals surface area contributed by atoms with Gasteiger partial charge >= 0.3 is 0 Å². The molecule has 0 spiro atoms. The Hall–Kier alpha value is -3.39. The number of nitrogens with zero attached hydrogens (tertiary/aromatic N) is 4. The number of hydrogen-bond acceptors (Lipinski definition) is 6. The number of primary amides is 1. The Morgan fingerprint density at radius 2 is 1.72 bits per heavy atom. The highest BCUT2D eigenvalue weighted by molar-refractivity contribution is 5.78. The summed E-state index contributed by atoms with van der Waals surface area (Å²) in [5, 5.41) is 10.5. The lowest BCUT2D eigenvalue weighted by Gasteiger charge is -2.36. The predicted molar refractivity (Wildman–Crippen MR) is 111 cm³/mol. The van der Waals surface area contributed by atoms with E-state index in [2.05, 4.69) is 14.8 Å². The minimum Gasteiger partial charge on any atom is -0.506 e. The number of carbonyl (C=O) groups excluding carboxylic acids is 1. The number of carbonyl (C=O) groups is 1. The first kappa shape index (κ1) is 18.9.